The van der Waals surface area contributed by atoms with Crippen molar-refractivity contribution in [3.63, 3.8) is 0 Å². The monoisotopic (exact) mass is 148 g/mol. The van der Waals surface area contributed by atoms with E-state index < -0.39 is 11.9 Å². The molecule has 0 aromatic rings. The summed E-state index contributed by atoms with van der Waals surface area (Å²) in [6.07, 6.45) is 0. The van der Waals surface area contributed by atoms with Gasteiger partial charge in [0.1, 0.15) is 0 Å². The van der Waals surface area contributed by atoms with Crippen molar-refractivity contribution in [2.24, 2.45) is 0 Å². The molecule has 0 spiro atoms. The van der Waals surface area contributed by atoms with Crippen molar-refractivity contribution in [3.05, 3.63) is 0 Å². The molecule has 1 saturated heterocycles. The van der Waals surface area contributed by atoms with Crippen LogP contribution in [0.3, 0.4) is 0 Å². The van der Waals surface area contributed by atoms with E-state index in [0.29, 0.717) is 0 Å². The van der Waals surface area contributed by atoms with Crippen molar-refractivity contribution in [3.8, 4) is 0 Å². The maximum Gasteiger partial charge on any atom is 0.356 e. The first-order chi connectivity index (χ1) is 4.62. The molecule has 1 aliphatic heterocycles. The molecule has 0 radical (unpaired) electrons. The lowest BCUT2D eigenvalue weighted by Crippen LogP contribution is -2.31. The topological polar surface area (TPSA) is 54.0 Å². The van der Waals surface area contributed by atoms with E-state index in [9.17, 15) is 4.79 Å². The molecule has 1 aliphatic rings. The summed E-state index contributed by atoms with van der Waals surface area (Å²) < 4.78 is 9.35. The summed E-state index contributed by atoms with van der Waals surface area (Å²) >= 11 is 0. The first kappa shape index (κ1) is 7.46. The Hall–Kier alpha value is -0.650. The van der Waals surface area contributed by atoms with E-state index in [-0.39, 0.29) is 6.79 Å². The molecule has 0 N–H and O–H groups in total. The fraction of sp³-hybridized carbons (Fsp3) is 0.800. The van der Waals surface area contributed by atoms with E-state index in [1.165, 1.54) is 13.8 Å². The molecule has 58 valence electrons. The number of hydrogen-bond acceptors (Lipinski definition) is 5. The minimum Gasteiger partial charge on any atom is -0.406 e. The zero-order chi connectivity index (χ0) is 7.61. The van der Waals surface area contributed by atoms with Crippen LogP contribution >= 0.6 is 0 Å². The van der Waals surface area contributed by atoms with Crippen molar-refractivity contribution < 1.29 is 24.0 Å². The van der Waals surface area contributed by atoms with Crippen LogP contribution in [0.1, 0.15) is 13.8 Å². The fourth-order valence-corrected chi connectivity index (χ4v) is 0.594. The van der Waals surface area contributed by atoms with Gasteiger partial charge in [0.05, 0.1) is 0 Å². The van der Waals surface area contributed by atoms with Gasteiger partial charge in [-0.25, -0.2) is 4.89 Å². The van der Waals surface area contributed by atoms with Gasteiger partial charge in [-0.1, -0.05) is 0 Å². The molecule has 1 atom stereocenters. The highest BCUT2D eigenvalue weighted by molar-refractivity contribution is 5.66. The Bertz CT molecular complexity index is 137. The third kappa shape index (κ3) is 1.66. The zero-order valence-electron chi connectivity index (χ0n) is 5.75. The molecule has 0 amide bonds. The van der Waals surface area contributed by atoms with Crippen LogP contribution in [-0.4, -0.2) is 18.7 Å². The van der Waals surface area contributed by atoms with Crippen LogP contribution in [0.25, 0.3) is 0 Å². The number of carbonyl (C=O) groups excluding carboxylic acids is 1. The molecule has 10 heavy (non-hydrogen) atoms. The summed E-state index contributed by atoms with van der Waals surface area (Å²) in [5, 5.41) is 0. The molecule has 1 rings (SSSR count). The summed E-state index contributed by atoms with van der Waals surface area (Å²) in [5.74, 6) is -1.83. The maximum absolute atomic E-state index is 10.4. The van der Waals surface area contributed by atoms with Gasteiger partial charge in [-0.15, -0.1) is 0 Å². The van der Waals surface area contributed by atoms with E-state index in [0.717, 1.165) is 0 Å². The van der Waals surface area contributed by atoms with Gasteiger partial charge in [0.2, 0.25) is 0 Å². The molecule has 0 saturated carbocycles. The highest BCUT2D eigenvalue weighted by atomic mass is 17.3. The molecule has 0 aromatic carbocycles. The summed E-state index contributed by atoms with van der Waals surface area (Å²) in [6, 6.07) is 0. The Labute approximate surface area is 57.7 Å². The van der Waals surface area contributed by atoms with Crippen LogP contribution in [0.4, 0.5) is 0 Å². The average Bonchev–Trinajstić information content (AvgIpc) is 2.12. The Morgan fingerprint density at radius 3 is 2.80 bits per heavy atom. The Balaban J connectivity index is 2.43. The number of ether oxygens (including phenoxy) is 2. The number of rotatable bonds is 1. The first-order valence-electron chi connectivity index (χ1n) is 2.76. The van der Waals surface area contributed by atoms with Crippen molar-refractivity contribution in [1.29, 1.82) is 0 Å². The lowest BCUT2D eigenvalue weighted by Gasteiger charge is -2.17. The quantitative estimate of drug-likeness (QED) is 0.391. The SMILES string of the molecule is CC(=O)OC1(C)OCOO1. The molecule has 1 heterocycles. The predicted molar refractivity (Wildman–Crippen MR) is 28.3 cm³/mol. The van der Waals surface area contributed by atoms with Crippen LogP contribution in [0.2, 0.25) is 0 Å². The van der Waals surface area contributed by atoms with Gasteiger partial charge in [0.25, 0.3) is 0 Å². The van der Waals surface area contributed by atoms with E-state index in [2.05, 4.69) is 14.5 Å². The van der Waals surface area contributed by atoms with Gasteiger partial charge in [0.15, 0.2) is 6.79 Å². The smallest absolute Gasteiger partial charge is 0.356 e. The highest BCUT2D eigenvalue weighted by Gasteiger charge is 2.36. The third-order valence-corrected chi connectivity index (χ3v) is 0.909. The van der Waals surface area contributed by atoms with Gasteiger partial charge in [-0.05, 0) is 0 Å². The number of hydrogen-bond donors (Lipinski definition) is 0. The summed E-state index contributed by atoms with van der Waals surface area (Å²) in [4.78, 5) is 19.2. The van der Waals surface area contributed by atoms with Crippen LogP contribution in [0, 0.1) is 0 Å². The molecule has 0 aliphatic carbocycles. The Morgan fingerprint density at radius 1 is 1.70 bits per heavy atom. The van der Waals surface area contributed by atoms with Crippen molar-refractivity contribution in [2.45, 2.75) is 19.8 Å². The minimum atomic E-state index is -1.36. The van der Waals surface area contributed by atoms with Gasteiger partial charge in [-0.3, -0.25) is 9.53 Å². The van der Waals surface area contributed by atoms with Gasteiger partial charge >= 0.3 is 11.9 Å². The predicted octanol–water partition coefficient (Wildman–Crippen LogP) is 0.159. The first-order valence-corrected chi connectivity index (χ1v) is 2.76. The fourth-order valence-electron chi connectivity index (χ4n) is 0.594. The lowest BCUT2D eigenvalue weighted by atomic mass is 10.6. The lowest BCUT2D eigenvalue weighted by molar-refractivity contribution is -0.390. The zero-order valence-corrected chi connectivity index (χ0v) is 5.75. The largest absolute Gasteiger partial charge is 0.406 e. The van der Waals surface area contributed by atoms with Crippen LogP contribution in [0.15, 0.2) is 0 Å². The van der Waals surface area contributed by atoms with E-state index in [1.807, 2.05) is 0 Å². The Morgan fingerprint density at radius 2 is 2.40 bits per heavy atom. The van der Waals surface area contributed by atoms with Gasteiger partial charge in [0, 0.05) is 13.8 Å². The molecule has 1 fully saturated rings. The van der Waals surface area contributed by atoms with Crippen molar-refractivity contribution >= 4 is 5.97 Å². The van der Waals surface area contributed by atoms with Gasteiger partial charge < -0.3 is 4.74 Å². The van der Waals surface area contributed by atoms with Crippen LogP contribution in [-0.2, 0) is 24.0 Å². The second-order valence-electron chi connectivity index (χ2n) is 1.92. The van der Waals surface area contributed by atoms with Crippen molar-refractivity contribution in [1.82, 2.24) is 0 Å². The van der Waals surface area contributed by atoms with E-state index in [1.54, 1.807) is 0 Å². The standard InChI is InChI=1S/C5H8O5/c1-4(6)9-5(2)7-3-8-10-5/h3H2,1-2H3. The molecule has 0 aromatic heterocycles. The Kier molecular flexibility index (Phi) is 1.89. The summed E-state index contributed by atoms with van der Waals surface area (Å²) in [7, 11) is 0. The molecule has 5 heteroatoms. The van der Waals surface area contributed by atoms with Gasteiger partial charge in [-0.2, -0.15) is 4.89 Å². The molecule has 0 bridgehead atoms. The second kappa shape index (κ2) is 2.53. The van der Waals surface area contributed by atoms with Crippen molar-refractivity contribution in [2.75, 3.05) is 6.79 Å². The third-order valence-electron chi connectivity index (χ3n) is 0.909. The molecular formula is C5H8O5. The van der Waals surface area contributed by atoms with Crippen LogP contribution in [0.5, 0.6) is 0 Å². The molecule has 5 nitrogen and oxygen atoms in total. The van der Waals surface area contributed by atoms with E-state index >= 15 is 0 Å². The minimum absolute atomic E-state index is 0.0240. The van der Waals surface area contributed by atoms with E-state index in [4.69, 9.17) is 4.74 Å². The normalized spacial score (nSPS) is 32.2. The summed E-state index contributed by atoms with van der Waals surface area (Å²) in [5.41, 5.74) is 0. The average molecular weight is 148 g/mol. The molecule has 1 unspecified atom stereocenters. The molecular weight excluding hydrogens is 140 g/mol. The van der Waals surface area contributed by atoms with Crippen LogP contribution < -0.4 is 0 Å². The summed E-state index contributed by atoms with van der Waals surface area (Å²) in [6.45, 7) is 2.68. The highest BCUT2D eigenvalue weighted by Crippen LogP contribution is 2.20. The number of esters is 1. The second-order valence-corrected chi connectivity index (χ2v) is 1.92. The maximum atomic E-state index is 10.4. The number of carbonyl (C=O) groups is 1.